The van der Waals surface area contributed by atoms with E-state index in [2.05, 4.69) is 5.32 Å². The van der Waals surface area contributed by atoms with Crippen LogP contribution in [0.25, 0.3) is 0 Å². The van der Waals surface area contributed by atoms with E-state index < -0.39 is 0 Å². The van der Waals surface area contributed by atoms with E-state index in [0.717, 1.165) is 13.0 Å². The van der Waals surface area contributed by atoms with E-state index in [4.69, 9.17) is 0 Å². The summed E-state index contributed by atoms with van der Waals surface area (Å²) in [5.41, 5.74) is 0. The van der Waals surface area contributed by atoms with Gasteiger partial charge in [-0.1, -0.05) is 0 Å². The van der Waals surface area contributed by atoms with Crippen molar-refractivity contribution in [2.45, 2.75) is 18.9 Å². The maximum absolute atomic E-state index is 11.7. The molecule has 1 fully saturated rings. The second-order valence-corrected chi connectivity index (χ2v) is 2.08. The Morgan fingerprint density at radius 3 is 2.86 bits per heavy atom. The number of nitrogens with two attached hydrogens (primary N) is 1. The number of hydrogen-bond donors (Lipinski definition) is 1. The Balaban J connectivity index is 2.14. The largest absolute Gasteiger partial charge is 0.342 e. The fourth-order valence-electron chi connectivity index (χ4n) is 0.992. The molecular formula is C5H11FN+. The highest BCUT2D eigenvalue weighted by Gasteiger charge is 2.16. The van der Waals surface area contributed by atoms with Crippen molar-refractivity contribution >= 4 is 0 Å². The van der Waals surface area contributed by atoms with Gasteiger partial charge in [0, 0.05) is 12.8 Å². The number of rotatable bonds is 1. The third kappa shape index (κ3) is 1.13. The van der Waals surface area contributed by atoms with Crippen LogP contribution in [0.5, 0.6) is 0 Å². The van der Waals surface area contributed by atoms with Crippen LogP contribution < -0.4 is 5.32 Å². The van der Waals surface area contributed by atoms with Gasteiger partial charge in [0.25, 0.3) is 0 Å². The zero-order chi connectivity index (χ0) is 5.11. The van der Waals surface area contributed by atoms with Crippen molar-refractivity contribution in [1.82, 2.24) is 0 Å². The lowest BCUT2D eigenvalue weighted by molar-refractivity contribution is -0.670. The van der Waals surface area contributed by atoms with Crippen LogP contribution >= 0.6 is 0 Å². The molecule has 1 atom stereocenters. The Bertz CT molecular complexity index is 50.0. The van der Waals surface area contributed by atoms with Gasteiger partial charge in [0.15, 0.2) is 0 Å². The first-order valence-corrected chi connectivity index (χ1v) is 2.83. The van der Waals surface area contributed by atoms with Crippen molar-refractivity contribution < 1.29 is 9.71 Å². The molecule has 2 N–H and O–H groups in total. The van der Waals surface area contributed by atoms with Gasteiger partial charge in [0.1, 0.15) is 12.7 Å². The quantitative estimate of drug-likeness (QED) is 0.469. The van der Waals surface area contributed by atoms with Crippen LogP contribution in [0, 0.1) is 0 Å². The average Bonchev–Trinajstić information content (AvgIpc) is 2.14. The predicted molar refractivity (Wildman–Crippen MR) is 25.8 cm³/mol. The zero-order valence-corrected chi connectivity index (χ0v) is 4.36. The minimum Gasteiger partial charge on any atom is -0.342 e. The lowest BCUT2D eigenvalue weighted by atomic mass is 10.2. The highest BCUT2D eigenvalue weighted by Crippen LogP contribution is 1.96. The SMILES string of the molecule is FC[C@@H]1CCC[NH2+]1. The van der Waals surface area contributed by atoms with Gasteiger partial charge in [-0.15, -0.1) is 0 Å². The van der Waals surface area contributed by atoms with Gasteiger partial charge in [-0.3, -0.25) is 0 Å². The topological polar surface area (TPSA) is 16.6 Å². The van der Waals surface area contributed by atoms with Crippen LogP contribution in [0.4, 0.5) is 4.39 Å². The van der Waals surface area contributed by atoms with Crippen LogP contribution in [0.15, 0.2) is 0 Å². The summed E-state index contributed by atoms with van der Waals surface area (Å²) in [5, 5.41) is 2.08. The smallest absolute Gasteiger partial charge is 0.141 e. The number of hydrogen-bond acceptors (Lipinski definition) is 0. The summed E-state index contributed by atoms with van der Waals surface area (Å²) < 4.78 is 11.7. The van der Waals surface area contributed by atoms with Crippen LogP contribution in [-0.4, -0.2) is 19.3 Å². The molecule has 0 spiro atoms. The van der Waals surface area contributed by atoms with Crippen molar-refractivity contribution in [3.63, 3.8) is 0 Å². The van der Waals surface area contributed by atoms with Crippen molar-refractivity contribution in [3.8, 4) is 0 Å². The Kier molecular flexibility index (Phi) is 1.63. The van der Waals surface area contributed by atoms with E-state index in [1.165, 1.54) is 6.42 Å². The second-order valence-electron chi connectivity index (χ2n) is 2.08. The summed E-state index contributed by atoms with van der Waals surface area (Å²) in [4.78, 5) is 0. The third-order valence-corrected chi connectivity index (χ3v) is 1.48. The lowest BCUT2D eigenvalue weighted by Gasteiger charge is -1.95. The highest BCUT2D eigenvalue weighted by atomic mass is 19.1. The third-order valence-electron chi connectivity index (χ3n) is 1.48. The maximum atomic E-state index is 11.7. The average molecular weight is 104 g/mol. The maximum Gasteiger partial charge on any atom is 0.141 e. The standard InChI is InChI=1S/C5H10FN/c6-4-5-2-1-3-7-5/h5,7H,1-4H2/p+1/t5-/m0/s1. The first-order chi connectivity index (χ1) is 3.43. The molecule has 1 nitrogen and oxygen atoms in total. The number of halogens is 1. The van der Waals surface area contributed by atoms with E-state index >= 15 is 0 Å². The first kappa shape index (κ1) is 5.04. The van der Waals surface area contributed by atoms with Crippen molar-refractivity contribution in [1.29, 1.82) is 0 Å². The Morgan fingerprint density at radius 1 is 1.71 bits per heavy atom. The fourth-order valence-corrected chi connectivity index (χ4v) is 0.992. The molecule has 0 aromatic carbocycles. The molecule has 0 saturated carbocycles. The molecule has 0 radical (unpaired) electrons. The molecule has 7 heavy (non-hydrogen) atoms. The summed E-state index contributed by atoms with van der Waals surface area (Å²) in [6.45, 7) is 0.995. The van der Waals surface area contributed by atoms with Gasteiger partial charge in [-0.05, 0) is 0 Å². The van der Waals surface area contributed by atoms with E-state index in [1.54, 1.807) is 0 Å². The molecule has 0 unspecified atom stereocenters. The molecule has 1 heterocycles. The molecule has 0 aliphatic carbocycles. The highest BCUT2D eigenvalue weighted by molar-refractivity contribution is 4.56. The van der Waals surface area contributed by atoms with E-state index in [-0.39, 0.29) is 6.67 Å². The molecule has 0 bridgehead atoms. The second kappa shape index (κ2) is 2.26. The van der Waals surface area contributed by atoms with Gasteiger partial charge < -0.3 is 5.32 Å². The van der Waals surface area contributed by atoms with E-state index in [1.807, 2.05) is 0 Å². The molecule has 0 aromatic heterocycles. The van der Waals surface area contributed by atoms with E-state index in [0.29, 0.717) is 6.04 Å². The molecule has 1 aliphatic heterocycles. The monoisotopic (exact) mass is 104 g/mol. The molecule has 42 valence electrons. The Hall–Kier alpha value is -0.110. The van der Waals surface area contributed by atoms with Gasteiger partial charge in [-0.2, -0.15) is 0 Å². The number of quaternary nitrogens is 1. The normalized spacial score (nSPS) is 31.3. The van der Waals surface area contributed by atoms with Gasteiger partial charge in [0.05, 0.1) is 6.54 Å². The van der Waals surface area contributed by atoms with Crippen LogP contribution in [0.2, 0.25) is 0 Å². The summed E-state index contributed by atoms with van der Waals surface area (Å²) >= 11 is 0. The summed E-state index contributed by atoms with van der Waals surface area (Å²) in [5.74, 6) is 0. The van der Waals surface area contributed by atoms with Crippen molar-refractivity contribution in [3.05, 3.63) is 0 Å². The van der Waals surface area contributed by atoms with Gasteiger partial charge in [0.2, 0.25) is 0 Å². The van der Waals surface area contributed by atoms with Gasteiger partial charge in [-0.25, -0.2) is 4.39 Å². The molecule has 1 aliphatic rings. The Labute approximate surface area is 42.9 Å². The molecule has 1 saturated heterocycles. The van der Waals surface area contributed by atoms with Crippen LogP contribution in [0.1, 0.15) is 12.8 Å². The lowest BCUT2D eigenvalue weighted by Crippen LogP contribution is -2.87. The van der Waals surface area contributed by atoms with Gasteiger partial charge >= 0.3 is 0 Å². The predicted octanol–water partition coefficient (Wildman–Crippen LogP) is -0.318. The van der Waals surface area contributed by atoms with Crippen molar-refractivity contribution in [2.24, 2.45) is 0 Å². The molecule has 2 heteroatoms. The number of alkyl halides is 1. The van der Waals surface area contributed by atoms with Crippen LogP contribution in [-0.2, 0) is 0 Å². The van der Waals surface area contributed by atoms with Crippen molar-refractivity contribution in [2.75, 3.05) is 13.2 Å². The minimum absolute atomic E-state index is 0.139. The van der Waals surface area contributed by atoms with E-state index in [9.17, 15) is 4.39 Å². The minimum atomic E-state index is -0.139. The molecular weight excluding hydrogens is 93.1 g/mol. The summed E-state index contributed by atoms with van der Waals surface area (Å²) in [6, 6.07) is 0.306. The Morgan fingerprint density at radius 2 is 2.57 bits per heavy atom. The molecule has 0 amide bonds. The first-order valence-electron chi connectivity index (χ1n) is 2.83. The summed E-state index contributed by atoms with van der Waals surface area (Å²) in [7, 11) is 0. The molecule has 0 aromatic rings. The molecule has 1 rings (SSSR count). The zero-order valence-electron chi connectivity index (χ0n) is 4.36. The van der Waals surface area contributed by atoms with Crippen LogP contribution in [0.3, 0.4) is 0 Å². The summed E-state index contributed by atoms with van der Waals surface area (Å²) in [6.07, 6.45) is 2.28. The fraction of sp³-hybridized carbons (Fsp3) is 1.00.